The number of rotatable bonds is 4. The highest BCUT2D eigenvalue weighted by atomic mass is 16.1. The zero-order chi connectivity index (χ0) is 21.5. The summed E-state index contributed by atoms with van der Waals surface area (Å²) in [4.78, 5) is 31.1. The quantitative estimate of drug-likeness (QED) is 0.472. The fraction of sp³-hybridized carbons (Fsp3) is 0.0909. The lowest BCUT2D eigenvalue weighted by atomic mass is 10.3. The van der Waals surface area contributed by atoms with Gasteiger partial charge in [-0.3, -0.25) is 23.9 Å². The van der Waals surface area contributed by atoms with Crippen molar-refractivity contribution in [1.82, 2.24) is 29.1 Å². The molecule has 2 N–H and O–H groups in total. The van der Waals surface area contributed by atoms with Gasteiger partial charge in [0.15, 0.2) is 5.65 Å². The van der Waals surface area contributed by atoms with Crippen LogP contribution in [0.15, 0.2) is 76.6 Å². The summed E-state index contributed by atoms with van der Waals surface area (Å²) in [6, 6.07) is 18.7. The number of aromatic amines is 1. The molecule has 0 atom stereocenters. The van der Waals surface area contributed by atoms with Crippen LogP contribution in [-0.2, 0) is 7.05 Å². The van der Waals surface area contributed by atoms with E-state index in [1.54, 1.807) is 18.7 Å². The van der Waals surface area contributed by atoms with Gasteiger partial charge in [0.2, 0.25) is 0 Å². The molecule has 0 aliphatic heterocycles. The van der Waals surface area contributed by atoms with E-state index in [0.717, 1.165) is 5.69 Å². The highest BCUT2D eigenvalue weighted by molar-refractivity contribution is 5.88. The van der Waals surface area contributed by atoms with Crippen molar-refractivity contribution >= 4 is 22.5 Å². The van der Waals surface area contributed by atoms with Crippen LogP contribution >= 0.6 is 0 Å². The average Bonchev–Trinajstić information content (AvgIpc) is 3.29. The molecule has 0 unspecified atom stereocenters. The van der Waals surface area contributed by atoms with Gasteiger partial charge in [0.25, 0.3) is 11.1 Å². The van der Waals surface area contributed by atoms with Gasteiger partial charge in [-0.1, -0.05) is 36.4 Å². The van der Waals surface area contributed by atoms with Crippen molar-refractivity contribution in [2.75, 3.05) is 5.32 Å². The van der Waals surface area contributed by atoms with Crippen molar-refractivity contribution in [2.45, 2.75) is 6.92 Å². The Balaban J connectivity index is 1.70. The van der Waals surface area contributed by atoms with Crippen molar-refractivity contribution in [3.63, 3.8) is 0 Å². The molecule has 0 saturated carbocycles. The van der Waals surface area contributed by atoms with Crippen molar-refractivity contribution in [1.29, 1.82) is 0 Å². The highest BCUT2D eigenvalue weighted by Gasteiger charge is 2.21. The van der Waals surface area contributed by atoms with Crippen LogP contribution in [0.2, 0.25) is 0 Å². The zero-order valence-corrected chi connectivity index (χ0v) is 16.9. The minimum atomic E-state index is -0.386. The van der Waals surface area contributed by atoms with Crippen LogP contribution in [0.5, 0.6) is 0 Å². The Hall–Kier alpha value is -4.40. The number of anilines is 2. The molecule has 9 nitrogen and oxygen atoms in total. The Bertz CT molecular complexity index is 1510. The monoisotopic (exact) mass is 413 g/mol. The van der Waals surface area contributed by atoms with E-state index in [4.69, 9.17) is 0 Å². The van der Waals surface area contributed by atoms with Crippen LogP contribution in [0.3, 0.4) is 0 Å². The van der Waals surface area contributed by atoms with Crippen LogP contribution in [-0.4, -0.2) is 29.1 Å². The average molecular weight is 413 g/mol. The van der Waals surface area contributed by atoms with E-state index in [1.807, 2.05) is 60.7 Å². The number of para-hydroxylation sites is 2. The molecular weight excluding hydrogens is 394 g/mol. The van der Waals surface area contributed by atoms with E-state index < -0.39 is 0 Å². The second-order valence-corrected chi connectivity index (χ2v) is 7.12. The second kappa shape index (κ2) is 7.13. The normalized spacial score (nSPS) is 11.2. The largest absolute Gasteiger partial charge is 0.340 e. The van der Waals surface area contributed by atoms with Gasteiger partial charge >= 0.3 is 0 Å². The smallest absolute Gasteiger partial charge is 0.296 e. The number of benzene rings is 2. The topological polar surface area (TPSA) is 103 Å². The van der Waals surface area contributed by atoms with Crippen LogP contribution < -0.4 is 16.4 Å². The number of aromatic nitrogens is 6. The number of hydrogen-bond acceptors (Lipinski definition) is 5. The minimum absolute atomic E-state index is 0.248. The predicted molar refractivity (Wildman–Crippen MR) is 119 cm³/mol. The van der Waals surface area contributed by atoms with E-state index in [2.05, 4.69) is 20.5 Å². The van der Waals surface area contributed by atoms with Crippen LogP contribution in [0.4, 0.5) is 11.5 Å². The standard InChI is InChI=1S/C22H19N7O2/c1-14-18(22(31)29(27(14)2)16-11-7-4-8-12-16)28-13-23-19-17(21(28)30)20(26-25-19)24-15-9-5-3-6-10-15/h3-13H,1-2H3,(H2,24,25,26). The van der Waals surface area contributed by atoms with Gasteiger partial charge in [-0.2, -0.15) is 5.10 Å². The number of hydrogen-bond donors (Lipinski definition) is 2. The van der Waals surface area contributed by atoms with E-state index in [1.165, 1.54) is 15.6 Å². The van der Waals surface area contributed by atoms with Gasteiger partial charge < -0.3 is 5.32 Å². The molecule has 0 aliphatic rings. The molecule has 0 fully saturated rings. The maximum absolute atomic E-state index is 13.4. The summed E-state index contributed by atoms with van der Waals surface area (Å²) in [5.74, 6) is 0.421. The molecular formula is C22H19N7O2. The molecule has 0 bridgehead atoms. The maximum atomic E-state index is 13.4. The Morgan fingerprint density at radius 3 is 2.32 bits per heavy atom. The van der Waals surface area contributed by atoms with Crippen molar-refractivity contribution < 1.29 is 0 Å². The summed E-state index contributed by atoms with van der Waals surface area (Å²) < 4.78 is 4.53. The summed E-state index contributed by atoms with van der Waals surface area (Å²) in [5, 5.41) is 10.4. The van der Waals surface area contributed by atoms with Crippen LogP contribution in [0.1, 0.15) is 5.69 Å². The number of H-pyrrole nitrogens is 1. The molecule has 9 heteroatoms. The molecule has 3 heterocycles. The van der Waals surface area contributed by atoms with Crippen LogP contribution in [0, 0.1) is 6.92 Å². The second-order valence-electron chi connectivity index (χ2n) is 7.12. The molecule has 2 aromatic carbocycles. The number of nitrogens with zero attached hydrogens (tertiary/aromatic N) is 5. The lowest BCUT2D eigenvalue weighted by Crippen LogP contribution is -2.26. The van der Waals surface area contributed by atoms with Crippen molar-refractivity contribution in [3.05, 3.63) is 93.4 Å². The SMILES string of the molecule is Cc1c(-n2cnc3n[nH]c(Nc4ccccc4)c3c2=O)c(=O)n(-c2ccccc2)n1C. The number of fused-ring (bicyclic) bond motifs is 1. The predicted octanol–water partition coefficient (Wildman–Crippen LogP) is 2.65. The molecule has 3 aromatic heterocycles. The third-order valence-electron chi connectivity index (χ3n) is 5.28. The fourth-order valence-electron chi connectivity index (χ4n) is 3.66. The third-order valence-corrected chi connectivity index (χ3v) is 5.28. The highest BCUT2D eigenvalue weighted by Crippen LogP contribution is 2.20. The van der Waals surface area contributed by atoms with Crippen molar-refractivity contribution in [2.24, 2.45) is 7.05 Å². The fourth-order valence-corrected chi connectivity index (χ4v) is 3.66. The third kappa shape index (κ3) is 2.94. The molecule has 5 rings (SSSR count). The summed E-state index contributed by atoms with van der Waals surface area (Å²) in [5.41, 5.74) is 1.97. The van der Waals surface area contributed by atoms with E-state index in [9.17, 15) is 9.59 Å². The first-order valence-corrected chi connectivity index (χ1v) is 9.68. The van der Waals surface area contributed by atoms with E-state index >= 15 is 0 Å². The van der Waals surface area contributed by atoms with E-state index in [0.29, 0.717) is 17.2 Å². The molecule has 154 valence electrons. The molecule has 0 radical (unpaired) electrons. The Labute approximate surface area is 176 Å². The molecule has 0 amide bonds. The van der Waals surface area contributed by atoms with Gasteiger partial charge in [-0.25, -0.2) is 9.67 Å². The summed E-state index contributed by atoms with van der Waals surface area (Å²) in [6.45, 7) is 1.80. The Morgan fingerprint density at radius 2 is 1.61 bits per heavy atom. The van der Waals surface area contributed by atoms with Gasteiger partial charge in [-0.05, 0) is 31.2 Å². The zero-order valence-electron chi connectivity index (χ0n) is 16.9. The first-order chi connectivity index (χ1) is 15.1. The minimum Gasteiger partial charge on any atom is -0.340 e. The van der Waals surface area contributed by atoms with Gasteiger partial charge in [0.1, 0.15) is 23.2 Å². The molecule has 0 spiro atoms. The first-order valence-electron chi connectivity index (χ1n) is 9.68. The summed E-state index contributed by atoms with van der Waals surface area (Å²) in [6.07, 6.45) is 1.34. The Kier molecular flexibility index (Phi) is 4.28. The van der Waals surface area contributed by atoms with Gasteiger partial charge in [0, 0.05) is 12.7 Å². The first kappa shape index (κ1) is 18.6. The lowest BCUT2D eigenvalue weighted by Gasteiger charge is -2.07. The van der Waals surface area contributed by atoms with Crippen molar-refractivity contribution in [3.8, 4) is 11.4 Å². The molecule has 5 aromatic rings. The number of nitrogens with one attached hydrogen (secondary N) is 2. The molecule has 0 aliphatic carbocycles. The van der Waals surface area contributed by atoms with Gasteiger partial charge in [-0.15, -0.1) is 0 Å². The van der Waals surface area contributed by atoms with Gasteiger partial charge in [0.05, 0.1) is 11.4 Å². The molecule has 31 heavy (non-hydrogen) atoms. The maximum Gasteiger partial charge on any atom is 0.296 e. The summed E-state index contributed by atoms with van der Waals surface area (Å²) >= 11 is 0. The lowest BCUT2D eigenvalue weighted by molar-refractivity contribution is 0.630. The van der Waals surface area contributed by atoms with E-state index in [-0.39, 0.29) is 27.8 Å². The Morgan fingerprint density at radius 1 is 0.935 bits per heavy atom. The summed E-state index contributed by atoms with van der Waals surface area (Å²) in [7, 11) is 1.78. The molecule has 0 saturated heterocycles. The van der Waals surface area contributed by atoms with Crippen LogP contribution in [0.25, 0.3) is 22.4 Å².